The predicted octanol–water partition coefficient (Wildman–Crippen LogP) is 2.09. The molecule has 0 fully saturated rings. The molecule has 0 amide bonds. The van der Waals surface area contributed by atoms with Crippen LogP contribution >= 0.6 is 0 Å². The molecular weight excluding hydrogens is 256 g/mol. The van der Waals surface area contributed by atoms with Gasteiger partial charge in [0.05, 0.1) is 18.9 Å². The maximum atomic E-state index is 12.5. The average Bonchev–Trinajstić information content (AvgIpc) is 2.87. The van der Waals surface area contributed by atoms with Crippen LogP contribution in [0.4, 0.5) is 0 Å². The zero-order valence-corrected chi connectivity index (χ0v) is 11.3. The standard InChI is InChI=1S/C15H14N2O3/c1-17-8-10(7-16-17)5-11-9-20-14-4-3-12(19-2)6-13(14)15(11)18/h3-8H,9H2,1-2H3/b11-5+. The molecule has 0 bridgehead atoms. The number of carbonyl (C=O) groups excluding carboxylic acids is 1. The van der Waals surface area contributed by atoms with Crippen LogP contribution < -0.4 is 9.47 Å². The van der Waals surface area contributed by atoms with Gasteiger partial charge in [-0.05, 0) is 24.3 Å². The van der Waals surface area contributed by atoms with Gasteiger partial charge in [0.1, 0.15) is 18.1 Å². The molecule has 0 saturated heterocycles. The zero-order chi connectivity index (χ0) is 14.1. The molecule has 102 valence electrons. The first-order valence-electron chi connectivity index (χ1n) is 6.22. The van der Waals surface area contributed by atoms with Crippen molar-refractivity contribution in [3.8, 4) is 11.5 Å². The monoisotopic (exact) mass is 270 g/mol. The quantitative estimate of drug-likeness (QED) is 0.784. The third kappa shape index (κ3) is 2.18. The Bertz CT molecular complexity index is 701. The van der Waals surface area contributed by atoms with E-state index in [1.807, 2.05) is 13.2 Å². The molecule has 1 aliphatic heterocycles. The van der Waals surface area contributed by atoms with Gasteiger partial charge in [-0.15, -0.1) is 0 Å². The summed E-state index contributed by atoms with van der Waals surface area (Å²) >= 11 is 0. The van der Waals surface area contributed by atoms with Crippen LogP contribution in [0.15, 0.2) is 36.2 Å². The number of hydrogen-bond donors (Lipinski definition) is 0. The number of methoxy groups -OCH3 is 1. The van der Waals surface area contributed by atoms with Crippen LogP contribution in [0, 0.1) is 0 Å². The molecular formula is C15H14N2O3. The summed E-state index contributed by atoms with van der Waals surface area (Å²) < 4.78 is 12.4. The second-order valence-corrected chi connectivity index (χ2v) is 4.60. The molecule has 0 spiro atoms. The van der Waals surface area contributed by atoms with Crippen molar-refractivity contribution in [1.29, 1.82) is 0 Å². The van der Waals surface area contributed by atoms with Crippen molar-refractivity contribution >= 4 is 11.9 Å². The summed E-state index contributed by atoms with van der Waals surface area (Å²) in [4.78, 5) is 12.5. The SMILES string of the molecule is COc1ccc2c(c1)C(=O)/C(=C/c1cnn(C)c1)CO2. The molecule has 2 heterocycles. The van der Waals surface area contributed by atoms with E-state index in [0.29, 0.717) is 22.6 Å². The fraction of sp³-hybridized carbons (Fsp3) is 0.200. The minimum absolute atomic E-state index is 0.0333. The number of rotatable bonds is 2. The fourth-order valence-corrected chi connectivity index (χ4v) is 2.16. The van der Waals surface area contributed by atoms with Crippen molar-refractivity contribution in [2.24, 2.45) is 7.05 Å². The van der Waals surface area contributed by atoms with E-state index in [1.54, 1.807) is 42.3 Å². The lowest BCUT2D eigenvalue weighted by molar-refractivity contribution is 0.100. The van der Waals surface area contributed by atoms with Gasteiger partial charge < -0.3 is 9.47 Å². The molecule has 0 radical (unpaired) electrons. The van der Waals surface area contributed by atoms with Crippen LogP contribution in [0.3, 0.4) is 0 Å². The summed E-state index contributed by atoms with van der Waals surface area (Å²) in [6.07, 6.45) is 5.36. The molecule has 20 heavy (non-hydrogen) atoms. The normalized spacial score (nSPS) is 15.9. The third-order valence-corrected chi connectivity index (χ3v) is 3.17. The van der Waals surface area contributed by atoms with E-state index in [-0.39, 0.29) is 12.4 Å². The Labute approximate surface area is 116 Å². The molecule has 5 nitrogen and oxygen atoms in total. The van der Waals surface area contributed by atoms with Gasteiger partial charge in [0.25, 0.3) is 0 Å². The van der Waals surface area contributed by atoms with E-state index < -0.39 is 0 Å². The molecule has 5 heteroatoms. The predicted molar refractivity (Wildman–Crippen MR) is 74.0 cm³/mol. The maximum Gasteiger partial charge on any atom is 0.196 e. The lowest BCUT2D eigenvalue weighted by atomic mass is 9.99. The summed E-state index contributed by atoms with van der Waals surface area (Å²) in [7, 11) is 3.41. The number of aryl methyl sites for hydroxylation is 1. The number of ether oxygens (including phenoxy) is 2. The fourth-order valence-electron chi connectivity index (χ4n) is 2.16. The van der Waals surface area contributed by atoms with Crippen LogP contribution in [0.1, 0.15) is 15.9 Å². The van der Waals surface area contributed by atoms with Crippen LogP contribution in [-0.4, -0.2) is 29.3 Å². The largest absolute Gasteiger partial charge is 0.497 e. The van der Waals surface area contributed by atoms with Crippen molar-refractivity contribution in [2.45, 2.75) is 0 Å². The summed E-state index contributed by atoms with van der Waals surface area (Å²) in [6, 6.07) is 5.24. The second kappa shape index (κ2) is 4.85. The summed E-state index contributed by atoms with van der Waals surface area (Å²) in [5.74, 6) is 1.21. The zero-order valence-electron chi connectivity index (χ0n) is 11.3. The minimum atomic E-state index is -0.0333. The van der Waals surface area contributed by atoms with Crippen molar-refractivity contribution < 1.29 is 14.3 Å². The highest BCUT2D eigenvalue weighted by Crippen LogP contribution is 2.31. The second-order valence-electron chi connectivity index (χ2n) is 4.60. The number of carbonyl (C=O) groups is 1. The Morgan fingerprint density at radius 2 is 2.30 bits per heavy atom. The topological polar surface area (TPSA) is 53.3 Å². The van der Waals surface area contributed by atoms with Gasteiger partial charge >= 0.3 is 0 Å². The van der Waals surface area contributed by atoms with Crippen LogP contribution in [0.2, 0.25) is 0 Å². The average molecular weight is 270 g/mol. The van der Waals surface area contributed by atoms with Crippen molar-refractivity contribution in [3.05, 3.63) is 47.3 Å². The van der Waals surface area contributed by atoms with E-state index in [0.717, 1.165) is 5.56 Å². The number of nitrogens with zero attached hydrogens (tertiary/aromatic N) is 2. The van der Waals surface area contributed by atoms with Gasteiger partial charge in [-0.2, -0.15) is 5.10 Å². The van der Waals surface area contributed by atoms with Crippen LogP contribution in [-0.2, 0) is 7.05 Å². The Hall–Kier alpha value is -2.56. The van der Waals surface area contributed by atoms with Gasteiger partial charge in [-0.25, -0.2) is 0 Å². The van der Waals surface area contributed by atoms with Gasteiger partial charge in [-0.3, -0.25) is 9.48 Å². The molecule has 0 atom stereocenters. The van der Waals surface area contributed by atoms with Crippen LogP contribution in [0.5, 0.6) is 11.5 Å². The van der Waals surface area contributed by atoms with Gasteiger partial charge in [0.2, 0.25) is 0 Å². The Morgan fingerprint density at radius 1 is 1.45 bits per heavy atom. The first kappa shape index (κ1) is 12.5. The molecule has 0 N–H and O–H groups in total. The van der Waals surface area contributed by atoms with Crippen LogP contribution in [0.25, 0.3) is 6.08 Å². The van der Waals surface area contributed by atoms with E-state index in [4.69, 9.17) is 9.47 Å². The Kier molecular flexibility index (Phi) is 3.02. The number of benzene rings is 1. The molecule has 2 aromatic rings. The van der Waals surface area contributed by atoms with E-state index in [9.17, 15) is 4.79 Å². The van der Waals surface area contributed by atoms with Gasteiger partial charge in [-0.1, -0.05) is 0 Å². The maximum absolute atomic E-state index is 12.5. The highest BCUT2D eigenvalue weighted by atomic mass is 16.5. The summed E-state index contributed by atoms with van der Waals surface area (Å²) in [6.45, 7) is 0.271. The van der Waals surface area contributed by atoms with Gasteiger partial charge in [0, 0.05) is 24.4 Å². The Balaban J connectivity index is 1.97. The number of ketones is 1. The lowest BCUT2D eigenvalue weighted by Gasteiger charge is -2.19. The molecule has 0 saturated carbocycles. The number of fused-ring (bicyclic) bond motifs is 1. The third-order valence-electron chi connectivity index (χ3n) is 3.17. The first-order valence-corrected chi connectivity index (χ1v) is 6.22. The number of hydrogen-bond acceptors (Lipinski definition) is 4. The molecule has 0 unspecified atom stereocenters. The minimum Gasteiger partial charge on any atom is -0.497 e. The Morgan fingerprint density at radius 3 is 3.00 bits per heavy atom. The molecule has 1 aromatic carbocycles. The van der Waals surface area contributed by atoms with E-state index in [1.165, 1.54) is 0 Å². The van der Waals surface area contributed by atoms with Crippen molar-refractivity contribution in [3.63, 3.8) is 0 Å². The highest BCUT2D eigenvalue weighted by molar-refractivity contribution is 6.14. The van der Waals surface area contributed by atoms with Gasteiger partial charge in [0.15, 0.2) is 5.78 Å². The van der Waals surface area contributed by atoms with Crippen molar-refractivity contribution in [2.75, 3.05) is 13.7 Å². The number of Topliss-reactive ketones (excluding diaryl/α,β-unsaturated/α-hetero) is 1. The smallest absolute Gasteiger partial charge is 0.196 e. The summed E-state index contributed by atoms with van der Waals surface area (Å²) in [5, 5.41) is 4.08. The first-order chi connectivity index (χ1) is 9.67. The molecule has 1 aromatic heterocycles. The van der Waals surface area contributed by atoms with E-state index in [2.05, 4.69) is 5.10 Å². The lowest BCUT2D eigenvalue weighted by Crippen LogP contribution is -2.19. The van der Waals surface area contributed by atoms with Crippen molar-refractivity contribution in [1.82, 2.24) is 9.78 Å². The molecule has 1 aliphatic rings. The van der Waals surface area contributed by atoms with E-state index >= 15 is 0 Å². The number of aromatic nitrogens is 2. The highest BCUT2D eigenvalue weighted by Gasteiger charge is 2.24. The molecule has 0 aliphatic carbocycles. The molecule has 3 rings (SSSR count). The summed E-state index contributed by atoms with van der Waals surface area (Å²) in [5.41, 5.74) is 2.02.